The summed E-state index contributed by atoms with van der Waals surface area (Å²) < 4.78 is 10.7. The van der Waals surface area contributed by atoms with Crippen LogP contribution in [0.2, 0.25) is 0 Å². The molecule has 0 fully saturated rings. The van der Waals surface area contributed by atoms with Gasteiger partial charge in [-0.05, 0) is 42.0 Å². The first-order valence-electron chi connectivity index (χ1n) is 10.7. The molecule has 0 saturated heterocycles. The molecule has 166 valence electrons. The summed E-state index contributed by atoms with van der Waals surface area (Å²) in [6.45, 7) is 0.172. The Labute approximate surface area is 191 Å². The van der Waals surface area contributed by atoms with Crippen LogP contribution < -0.4 is 14.4 Å². The van der Waals surface area contributed by atoms with E-state index in [0.717, 1.165) is 28.3 Å². The largest absolute Gasteiger partial charge is 0.497 e. The Morgan fingerprint density at radius 1 is 0.909 bits per heavy atom. The summed E-state index contributed by atoms with van der Waals surface area (Å²) in [7, 11) is 3.27. The zero-order valence-electron chi connectivity index (χ0n) is 18.4. The third kappa shape index (κ3) is 3.71. The lowest BCUT2D eigenvalue weighted by atomic mass is 9.98. The van der Waals surface area contributed by atoms with E-state index >= 15 is 0 Å². The van der Waals surface area contributed by atoms with Gasteiger partial charge in [0.2, 0.25) is 0 Å². The maximum Gasteiger partial charge on any atom is 0.301 e. The molecule has 1 atom stereocenters. The number of hydrogen-bond donors (Lipinski definition) is 0. The highest BCUT2D eigenvalue weighted by Gasteiger charge is 2.39. The lowest BCUT2D eigenvalue weighted by molar-refractivity contribution is -0.114. The Kier molecular flexibility index (Phi) is 5.30. The molecule has 0 spiro atoms. The fourth-order valence-corrected chi connectivity index (χ4v) is 4.31. The van der Waals surface area contributed by atoms with Crippen molar-refractivity contribution in [3.05, 3.63) is 89.5 Å². The number of hydrazone groups is 1. The highest BCUT2D eigenvalue weighted by molar-refractivity contribution is 6.52. The van der Waals surface area contributed by atoms with Gasteiger partial charge in [0.25, 0.3) is 5.78 Å². The van der Waals surface area contributed by atoms with Crippen LogP contribution in [0.1, 0.15) is 33.9 Å². The summed E-state index contributed by atoms with van der Waals surface area (Å²) in [5.41, 5.74) is 3.94. The van der Waals surface area contributed by atoms with E-state index in [4.69, 9.17) is 14.6 Å². The predicted octanol–water partition coefficient (Wildman–Crippen LogP) is 4.04. The van der Waals surface area contributed by atoms with E-state index in [1.165, 1.54) is 4.90 Å². The first-order chi connectivity index (χ1) is 16.1. The third-order valence-electron chi connectivity index (χ3n) is 6.06. The maximum atomic E-state index is 12.8. The van der Waals surface area contributed by atoms with Gasteiger partial charge in [-0.25, -0.2) is 0 Å². The molecule has 0 bridgehead atoms. The summed E-state index contributed by atoms with van der Waals surface area (Å²) in [4.78, 5) is 26.8. The minimum Gasteiger partial charge on any atom is -0.497 e. The van der Waals surface area contributed by atoms with Crippen LogP contribution in [-0.2, 0) is 4.79 Å². The minimum absolute atomic E-state index is 0.104. The number of ketones is 1. The Hall–Kier alpha value is -4.13. The van der Waals surface area contributed by atoms with Crippen molar-refractivity contribution in [2.75, 3.05) is 25.8 Å². The second-order valence-electron chi connectivity index (χ2n) is 7.93. The fraction of sp³-hybridized carbons (Fsp3) is 0.192. The zero-order valence-corrected chi connectivity index (χ0v) is 18.4. The van der Waals surface area contributed by atoms with Gasteiger partial charge in [-0.15, -0.1) is 0 Å². The molecule has 2 aliphatic rings. The van der Waals surface area contributed by atoms with E-state index in [0.29, 0.717) is 17.7 Å². The molecule has 0 N–H and O–H groups in total. The number of fused-ring (bicyclic) bond motifs is 1. The molecule has 0 aromatic heterocycles. The number of hydrogen-bond acceptors (Lipinski definition) is 6. The Bertz CT molecular complexity index is 1250. The molecule has 2 heterocycles. The van der Waals surface area contributed by atoms with Gasteiger partial charge in [0, 0.05) is 12.0 Å². The van der Waals surface area contributed by atoms with Crippen LogP contribution in [0.5, 0.6) is 11.5 Å². The van der Waals surface area contributed by atoms with Crippen LogP contribution >= 0.6 is 0 Å². The van der Waals surface area contributed by atoms with Crippen molar-refractivity contribution in [2.24, 2.45) is 5.10 Å². The maximum absolute atomic E-state index is 12.8. The van der Waals surface area contributed by atoms with Gasteiger partial charge in [-0.1, -0.05) is 36.4 Å². The molecule has 33 heavy (non-hydrogen) atoms. The number of carbonyl (C=O) groups is 2. The second kappa shape index (κ2) is 8.43. The molecule has 3 aromatic rings. The summed E-state index contributed by atoms with van der Waals surface area (Å²) in [6, 6.07) is 22.6. The molecule has 5 rings (SSSR count). The first-order valence-corrected chi connectivity index (χ1v) is 10.7. The van der Waals surface area contributed by atoms with Crippen LogP contribution in [-0.4, -0.2) is 43.3 Å². The van der Waals surface area contributed by atoms with Crippen molar-refractivity contribution < 1.29 is 19.1 Å². The van der Waals surface area contributed by atoms with E-state index in [2.05, 4.69) is 0 Å². The van der Waals surface area contributed by atoms with Crippen molar-refractivity contribution in [1.82, 2.24) is 5.01 Å². The van der Waals surface area contributed by atoms with Gasteiger partial charge < -0.3 is 9.47 Å². The summed E-state index contributed by atoms with van der Waals surface area (Å²) in [5, 5.41) is 6.77. The monoisotopic (exact) mass is 441 g/mol. The van der Waals surface area contributed by atoms with E-state index in [1.54, 1.807) is 32.4 Å². The molecular weight excluding hydrogens is 418 g/mol. The standard InChI is InChI=1S/C26H23N3O4/c1-32-19-12-10-17(11-13-19)24-15-22(18-6-5-7-20(14-18)33-2)27-29(24)16-28-23-9-4-3-8-21(23)25(30)26(28)31/h3-14,24H,15-16H2,1-2H3/t24-/m1/s1. The normalized spacial score (nSPS) is 17.3. The summed E-state index contributed by atoms with van der Waals surface area (Å²) in [5.74, 6) is 0.507. The lowest BCUT2D eigenvalue weighted by Gasteiger charge is -2.28. The Morgan fingerprint density at radius 2 is 1.67 bits per heavy atom. The van der Waals surface area contributed by atoms with Crippen molar-refractivity contribution in [2.45, 2.75) is 12.5 Å². The number of rotatable bonds is 6. The van der Waals surface area contributed by atoms with Crippen LogP contribution in [0.15, 0.2) is 77.9 Å². The van der Waals surface area contributed by atoms with Crippen molar-refractivity contribution in [1.29, 1.82) is 0 Å². The number of methoxy groups -OCH3 is 2. The molecular formula is C26H23N3O4. The zero-order chi connectivity index (χ0) is 22.9. The third-order valence-corrected chi connectivity index (χ3v) is 6.06. The van der Waals surface area contributed by atoms with Crippen LogP contribution in [0, 0.1) is 0 Å². The number of amides is 1. The van der Waals surface area contributed by atoms with Gasteiger partial charge in [-0.2, -0.15) is 5.10 Å². The highest BCUT2D eigenvalue weighted by Crippen LogP contribution is 2.36. The average molecular weight is 441 g/mol. The number of anilines is 1. The predicted molar refractivity (Wildman–Crippen MR) is 125 cm³/mol. The molecule has 0 unspecified atom stereocenters. The second-order valence-corrected chi connectivity index (χ2v) is 7.93. The van der Waals surface area contributed by atoms with Gasteiger partial charge in [0.1, 0.15) is 18.2 Å². The van der Waals surface area contributed by atoms with Crippen molar-refractivity contribution >= 4 is 23.1 Å². The lowest BCUT2D eigenvalue weighted by Crippen LogP contribution is -2.39. The van der Waals surface area contributed by atoms with Crippen LogP contribution in [0.3, 0.4) is 0 Å². The number of benzene rings is 3. The SMILES string of the molecule is COc1ccc([C@H]2CC(c3cccc(OC)c3)=NN2CN2C(=O)C(=O)c3ccccc32)cc1. The van der Waals surface area contributed by atoms with Crippen LogP contribution in [0.4, 0.5) is 5.69 Å². The number of nitrogens with zero attached hydrogens (tertiary/aromatic N) is 3. The first kappa shape index (κ1) is 20.8. The summed E-state index contributed by atoms with van der Waals surface area (Å²) >= 11 is 0. The fourth-order valence-electron chi connectivity index (χ4n) is 4.31. The number of Topliss-reactive ketones (excluding diaryl/α,β-unsaturated/α-hetero) is 1. The number of para-hydroxylation sites is 1. The van der Waals surface area contributed by atoms with Gasteiger partial charge in [0.15, 0.2) is 0 Å². The van der Waals surface area contributed by atoms with Crippen molar-refractivity contribution in [3.8, 4) is 11.5 Å². The Balaban J connectivity index is 1.51. The van der Waals surface area contributed by atoms with E-state index in [-0.39, 0.29) is 12.7 Å². The average Bonchev–Trinajstić information content (AvgIpc) is 3.40. The highest BCUT2D eigenvalue weighted by atomic mass is 16.5. The smallest absolute Gasteiger partial charge is 0.301 e. The molecule has 0 radical (unpaired) electrons. The van der Waals surface area contributed by atoms with Crippen LogP contribution in [0.25, 0.3) is 0 Å². The minimum atomic E-state index is -0.533. The number of ether oxygens (including phenoxy) is 2. The van der Waals surface area contributed by atoms with Crippen molar-refractivity contribution in [3.63, 3.8) is 0 Å². The molecule has 7 heteroatoms. The van der Waals surface area contributed by atoms with E-state index in [1.807, 2.05) is 59.6 Å². The molecule has 0 saturated carbocycles. The molecule has 1 amide bonds. The Morgan fingerprint density at radius 3 is 2.42 bits per heavy atom. The van der Waals surface area contributed by atoms with E-state index < -0.39 is 11.7 Å². The topological polar surface area (TPSA) is 71.4 Å². The van der Waals surface area contributed by atoms with Gasteiger partial charge >= 0.3 is 5.91 Å². The molecule has 2 aliphatic heterocycles. The molecule has 0 aliphatic carbocycles. The van der Waals surface area contributed by atoms with Gasteiger partial charge in [-0.3, -0.25) is 19.5 Å². The number of carbonyl (C=O) groups excluding carboxylic acids is 2. The summed E-state index contributed by atoms with van der Waals surface area (Å²) in [6.07, 6.45) is 0.650. The van der Waals surface area contributed by atoms with E-state index in [9.17, 15) is 9.59 Å². The molecule has 3 aromatic carbocycles. The quantitative estimate of drug-likeness (QED) is 0.540. The molecule has 7 nitrogen and oxygen atoms in total. The van der Waals surface area contributed by atoms with Gasteiger partial charge in [0.05, 0.1) is 37.2 Å².